The van der Waals surface area contributed by atoms with E-state index >= 15 is 0 Å². The highest BCUT2D eigenvalue weighted by Gasteiger charge is 2.55. The molecule has 264 valence electrons. The Morgan fingerprint density at radius 2 is 0.800 bits per heavy atom. The smallest absolute Gasteiger partial charge is 0.187 e. The van der Waals surface area contributed by atoms with E-state index in [1.165, 1.54) is 6.92 Å². The highest BCUT2D eigenvalue weighted by atomic mass is 16.8. The molecule has 0 aromatic heterocycles. The van der Waals surface area contributed by atoms with Gasteiger partial charge in [-0.25, -0.2) is 0 Å². The van der Waals surface area contributed by atoms with Gasteiger partial charge in [0, 0.05) is 5.92 Å². The van der Waals surface area contributed by atoms with Gasteiger partial charge in [-0.15, -0.1) is 0 Å². The van der Waals surface area contributed by atoms with Crippen molar-refractivity contribution in [3.05, 3.63) is 0 Å². The number of rotatable bonds is 10. The summed E-state index contributed by atoms with van der Waals surface area (Å²) in [7, 11) is 0. The molecule has 4 heterocycles. The van der Waals surface area contributed by atoms with Crippen molar-refractivity contribution >= 4 is 0 Å². The zero-order valence-corrected chi connectivity index (χ0v) is 24.0. The molecule has 0 amide bonds. The molecule has 20 heteroatoms. The van der Waals surface area contributed by atoms with E-state index in [0.29, 0.717) is 0 Å². The molecule has 20 nitrogen and oxygen atoms in total. The fourth-order valence-electron chi connectivity index (χ4n) is 5.70. The van der Waals surface area contributed by atoms with Crippen LogP contribution in [0.2, 0.25) is 0 Å². The molecule has 0 radical (unpaired) electrons. The maximum Gasteiger partial charge on any atom is 0.187 e. The molecular formula is C25H44O20. The Labute approximate surface area is 256 Å². The van der Waals surface area contributed by atoms with Gasteiger partial charge in [0.05, 0.1) is 38.6 Å². The Morgan fingerprint density at radius 3 is 1.27 bits per heavy atom. The van der Waals surface area contributed by atoms with Crippen LogP contribution in [-0.4, -0.2) is 210 Å². The highest BCUT2D eigenvalue weighted by Crippen LogP contribution is 2.35. The lowest BCUT2D eigenvalue weighted by atomic mass is 9.91. The third-order valence-corrected chi connectivity index (χ3v) is 8.61. The van der Waals surface area contributed by atoms with Crippen LogP contribution < -0.4 is 0 Å². The molecule has 0 spiro atoms. The molecule has 0 aromatic rings. The third kappa shape index (κ3) is 7.45. The number of aliphatic hydroxyl groups is 13. The minimum absolute atomic E-state index is 0.589. The lowest BCUT2D eigenvalue weighted by Crippen LogP contribution is -2.67. The van der Waals surface area contributed by atoms with E-state index < -0.39 is 149 Å². The number of aliphatic hydroxyl groups excluding tert-OH is 13. The van der Waals surface area contributed by atoms with Crippen LogP contribution in [0.5, 0.6) is 0 Å². The summed E-state index contributed by atoms with van der Waals surface area (Å²) in [5.41, 5.74) is 0. The van der Waals surface area contributed by atoms with Crippen molar-refractivity contribution in [2.45, 2.75) is 124 Å². The van der Waals surface area contributed by atoms with Crippen LogP contribution in [0.3, 0.4) is 0 Å². The third-order valence-electron chi connectivity index (χ3n) is 8.61. The molecule has 4 saturated heterocycles. The Hall–Kier alpha value is -0.800. The van der Waals surface area contributed by atoms with E-state index in [1.807, 2.05) is 0 Å². The van der Waals surface area contributed by atoms with E-state index in [4.69, 9.17) is 33.2 Å². The first kappa shape index (κ1) is 37.0. The normalized spacial score (nSPS) is 52.9. The van der Waals surface area contributed by atoms with Crippen LogP contribution in [0.1, 0.15) is 6.92 Å². The first-order valence-corrected chi connectivity index (χ1v) is 14.4. The molecule has 0 aliphatic carbocycles. The van der Waals surface area contributed by atoms with Crippen LogP contribution in [0, 0.1) is 5.92 Å². The number of ether oxygens (including phenoxy) is 7. The van der Waals surface area contributed by atoms with Crippen molar-refractivity contribution in [2.75, 3.05) is 26.4 Å². The van der Waals surface area contributed by atoms with Crippen molar-refractivity contribution in [3.8, 4) is 0 Å². The molecule has 4 aliphatic heterocycles. The molecule has 0 saturated carbocycles. The monoisotopic (exact) mass is 664 g/mol. The zero-order chi connectivity index (χ0) is 33.3. The van der Waals surface area contributed by atoms with Crippen molar-refractivity contribution in [3.63, 3.8) is 0 Å². The van der Waals surface area contributed by atoms with Gasteiger partial charge in [-0.3, -0.25) is 0 Å². The molecule has 20 atom stereocenters. The van der Waals surface area contributed by atoms with Gasteiger partial charge >= 0.3 is 0 Å². The summed E-state index contributed by atoms with van der Waals surface area (Å²) in [4.78, 5) is 0. The zero-order valence-electron chi connectivity index (χ0n) is 24.0. The van der Waals surface area contributed by atoms with E-state index in [-0.39, 0.29) is 0 Å². The second-order valence-electron chi connectivity index (χ2n) is 11.5. The van der Waals surface area contributed by atoms with Gasteiger partial charge in [0.15, 0.2) is 25.2 Å². The molecule has 1 unspecified atom stereocenters. The number of hydrogen-bond donors (Lipinski definition) is 13. The average molecular weight is 665 g/mol. The van der Waals surface area contributed by atoms with Crippen LogP contribution in [0.25, 0.3) is 0 Å². The van der Waals surface area contributed by atoms with Crippen LogP contribution in [0.15, 0.2) is 0 Å². The lowest BCUT2D eigenvalue weighted by Gasteiger charge is -2.49. The predicted molar refractivity (Wildman–Crippen MR) is 137 cm³/mol. The summed E-state index contributed by atoms with van der Waals surface area (Å²) in [6, 6.07) is 0. The maximum absolute atomic E-state index is 11.0. The van der Waals surface area contributed by atoms with Crippen molar-refractivity contribution in [1.82, 2.24) is 0 Å². The standard InChI is InChI=1S/C25H44O20/c1-6-7(2-26)40-23(17(36)11(6)30)44-20-15(34)12(31)9(4-28)42-25(20)45-21-16(35)13(32)8(3-27)41-24(21)43-19-14(33)10(5-29)39-22(38)18(19)37/h6-38H,2-5H2,1H3/t6?,7-,8-,9-,10-,11+,12-,13-,14-,15+,16+,17+,18+,19+,20+,21+,22+,23-,24-,25-/m1/s1. The summed E-state index contributed by atoms with van der Waals surface area (Å²) in [6.45, 7) is -1.63. The second kappa shape index (κ2) is 15.6. The van der Waals surface area contributed by atoms with Crippen molar-refractivity contribution in [2.24, 2.45) is 5.92 Å². The Balaban J connectivity index is 1.63. The maximum atomic E-state index is 11.0. The highest BCUT2D eigenvalue weighted by molar-refractivity contribution is 4.97. The fourth-order valence-corrected chi connectivity index (χ4v) is 5.70. The molecule has 45 heavy (non-hydrogen) atoms. The Bertz CT molecular complexity index is 916. The minimum atomic E-state index is -1.99. The summed E-state index contributed by atoms with van der Waals surface area (Å²) >= 11 is 0. The molecule has 0 bridgehead atoms. The largest absolute Gasteiger partial charge is 0.394 e. The van der Waals surface area contributed by atoms with Gasteiger partial charge in [0.25, 0.3) is 0 Å². The molecule has 4 rings (SSSR count). The minimum Gasteiger partial charge on any atom is -0.394 e. The van der Waals surface area contributed by atoms with Gasteiger partial charge < -0.3 is 99.5 Å². The summed E-state index contributed by atoms with van der Waals surface area (Å²) in [5.74, 6) is -0.748. The molecule has 4 aliphatic rings. The summed E-state index contributed by atoms with van der Waals surface area (Å²) in [6.07, 6.45) is -33.0. The van der Waals surface area contributed by atoms with Gasteiger partial charge in [-0.2, -0.15) is 0 Å². The van der Waals surface area contributed by atoms with Crippen molar-refractivity contribution in [1.29, 1.82) is 0 Å². The van der Waals surface area contributed by atoms with Gasteiger partial charge in [-0.05, 0) is 0 Å². The summed E-state index contributed by atoms with van der Waals surface area (Å²) < 4.78 is 38.7. The van der Waals surface area contributed by atoms with E-state index in [0.717, 1.165) is 0 Å². The van der Waals surface area contributed by atoms with Crippen LogP contribution >= 0.6 is 0 Å². The van der Waals surface area contributed by atoms with Crippen molar-refractivity contribution < 1.29 is 99.5 Å². The van der Waals surface area contributed by atoms with Crippen LogP contribution in [-0.2, 0) is 33.2 Å². The molecular weight excluding hydrogens is 620 g/mol. The quantitative estimate of drug-likeness (QED) is 0.103. The van der Waals surface area contributed by atoms with Gasteiger partial charge in [-0.1, -0.05) is 6.92 Å². The Kier molecular flexibility index (Phi) is 12.8. The average Bonchev–Trinajstić information content (AvgIpc) is 3.03. The fraction of sp³-hybridized carbons (Fsp3) is 1.00. The predicted octanol–water partition coefficient (Wildman–Crippen LogP) is -8.47. The first-order chi connectivity index (χ1) is 21.3. The second-order valence-corrected chi connectivity index (χ2v) is 11.5. The Morgan fingerprint density at radius 1 is 0.400 bits per heavy atom. The lowest BCUT2D eigenvalue weighted by molar-refractivity contribution is -0.402. The van der Waals surface area contributed by atoms with Crippen LogP contribution in [0.4, 0.5) is 0 Å². The molecule has 0 aromatic carbocycles. The first-order valence-electron chi connectivity index (χ1n) is 14.4. The summed E-state index contributed by atoms with van der Waals surface area (Å²) in [5, 5.41) is 134. The molecule has 13 N–H and O–H groups in total. The molecule has 4 fully saturated rings. The SMILES string of the molecule is CC1[C@@H](CO)O[C@H](O[C@@H]2[C@@H](O[C@@H]3[C@@H](O[C@@H]4[C@H](O)[C@@H](O)O[C@H](CO)[C@H]4O)O[C@H](CO)[C@@H](O)[C@@H]3O)O[C@H](CO)[C@@H](O)[C@@H]2O)[C@@H](O)[C@H]1O. The van der Waals surface area contributed by atoms with E-state index in [2.05, 4.69) is 0 Å². The van der Waals surface area contributed by atoms with E-state index in [9.17, 15) is 66.4 Å². The van der Waals surface area contributed by atoms with E-state index in [1.54, 1.807) is 0 Å². The topological polar surface area (TPSA) is 328 Å². The van der Waals surface area contributed by atoms with Gasteiger partial charge in [0.1, 0.15) is 79.4 Å². The van der Waals surface area contributed by atoms with Gasteiger partial charge in [0.2, 0.25) is 0 Å². The number of hydrogen-bond acceptors (Lipinski definition) is 20.